The van der Waals surface area contributed by atoms with E-state index < -0.39 is 5.97 Å². The van der Waals surface area contributed by atoms with E-state index in [0.717, 1.165) is 11.1 Å². The summed E-state index contributed by atoms with van der Waals surface area (Å²) >= 11 is 0. The molecule has 0 N–H and O–H groups in total. The zero-order valence-corrected chi connectivity index (χ0v) is 14.9. The van der Waals surface area contributed by atoms with E-state index in [9.17, 15) is 4.79 Å². The number of rotatable bonds is 5. The molecule has 26 heavy (non-hydrogen) atoms. The summed E-state index contributed by atoms with van der Waals surface area (Å²) < 4.78 is 15.8. The van der Waals surface area contributed by atoms with Crippen molar-refractivity contribution in [2.45, 2.75) is 6.92 Å². The number of cyclic esters (lactones) is 1. The summed E-state index contributed by atoms with van der Waals surface area (Å²) in [5.74, 6) is 0.908. The molecule has 0 saturated carbocycles. The molecule has 0 aromatic heterocycles. The van der Waals surface area contributed by atoms with Crippen molar-refractivity contribution in [3.8, 4) is 11.5 Å². The normalized spacial score (nSPS) is 15.7. The van der Waals surface area contributed by atoms with Gasteiger partial charge in [0.15, 0.2) is 17.2 Å². The van der Waals surface area contributed by atoms with Gasteiger partial charge in [0.2, 0.25) is 5.90 Å². The van der Waals surface area contributed by atoms with Gasteiger partial charge in [-0.05, 0) is 42.3 Å². The first-order chi connectivity index (χ1) is 12.6. The highest BCUT2D eigenvalue weighted by atomic mass is 16.6. The SMILES string of the molecule is COc1ccc(C2=N/C(=C/C(C)=C/c3ccccc3)C(=O)O2)cc1OC. The average Bonchev–Trinajstić information content (AvgIpc) is 3.02. The maximum absolute atomic E-state index is 12.1. The highest BCUT2D eigenvalue weighted by molar-refractivity contribution is 6.11. The largest absolute Gasteiger partial charge is 0.493 e. The lowest BCUT2D eigenvalue weighted by molar-refractivity contribution is -0.130. The molecule has 1 aliphatic heterocycles. The summed E-state index contributed by atoms with van der Waals surface area (Å²) in [6, 6.07) is 15.1. The van der Waals surface area contributed by atoms with Crippen LogP contribution in [0.4, 0.5) is 0 Å². The van der Waals surface area contributed by atoms with Crippen LogP contribution in [-0.2, 0) is 9.53 Å². The smallest absolute Gasteiger partial charge is 0.363 e. The number of allylic oxidation sites excluding steroid dienone is 2. The maximum Gasteiger partial charge on any atom is 0.363 e. The second-order valence-corrected chi connectivity index (χ2v) is 5.70. The van der Waals surface area contributed by atoms with Crippen LogP contribution in [0.2, 0.25) is 0 Å². The van der Waals surface area contributed by atoms with Gasteiger partial charge in [0.25, 0.3) is 0 Å². The van der Waals surface area contributed by atoms with Crippen molar-refractivity contribution >= 4 is 17.9 Å². The Morgan fingerprint density at radius 1 is 1.04 bits per heavy atom. The van der Waals surface area contributed by atoms with Gasteiger partial charge in [0.05, 0.1) is 14.2 Å². The Morgan fingerprint density at radius 3 is 2.46 bits per heavy atom. The molecule has 0 fully saturated rings. The predicted molar refractivity (Wildman–Crippen MR) is 100 cm³/mol. The van der Waals surface area contributed by atoms with Gasteiger partial charge in [0, 0.05) is 5.56 Å². The molecule has 5 nitrogen and oxygen atoms in total. The molecule has 0 saturated heterocycles. The van der Waals surface area contributed by atoms with Crippen LogP contribution in [0.3, 0.4) is 0 Å². The molecular weight excluding hydrogens is 330 g/mol. The van der Waals surface area contributed by atoms with Crippen LogP contribution in [0.5, 0.6) is 11.5 Å². The second kappa shape index (κ2) is 7.70. The summed E-state index contributed by atoms with van der Waals surface area (Å²) in [6.45, 7) is 1.91. The lowest BCUT2D eigenvalue weighted by Crippen LogP contribution is -2.06. The maximum atomic E-state index is 12.1. The monoisotopic (exact) mass is 349 g/mol. The van der Waals surface area contributed by atoms with E-state index in [1.807, 2.05) is 43.3 Å². The third kappa shape index (κ3) is 3.83. The number of nitrogens with zero attached hydrogens (tertiary/aromatic N) is 1. The molecule has 0 aliphatic carbocycles. The van der Waals surface area contributed by atoms with Gasteiger partial charge in [-0.1, -0.05) is 36.4 Å². The van der Waals surface area contributed by atoms with Gasteiger partial charge < -0.3 is 14.2 Å². The van der Waals surface area contributed by atoms with Gasteiger partial charge in [-0.15, -0.1) is 0 Å². The first-order valence-electron chi connectivity index (χ1n) is 8.09. The van der Waals surface area contributed by atoms with E-state index in [2.05, 4.69) is 4.99 Å². The van der Waals surface area contributed by atoms with E-state index in [0.29, 0.717) is 17.1 Å². The number of carbonyl (C=O) groups is 1. The first-order valence-corrected chi connectivity index (χ1v) is 8.09. The van der Waals surface area contributed by atoms with Gasteiger partial charge in [-0.25, -0.2) is 9.79 Å². The molecule has 2 aromatic carbocycles. The Kier molecular flexibility index (Phi) is 5.17. The van der Waals surface area contributed by atoms with Crippen LogP contribution in [0.25, 0.3) is 6.08 Å². The minimum Gasteiger partial charge on any atom is -0.493 e. The van der Waals surface area contributed by atoms with E-state index in [4.69, 9.17) is 14.2 Å². The number of carbonyl (C=O) groups excluding carboxylic acids is 1. The molecule has 5 heteroatoms. The molecule has 0 radical (unpaired) electrons. The summed E-state index contributed by atoms with van der Waals surface area (Å²) in [4.78, 5) is 16.5. The van der Waals surface area contributed by atoms with E-state index in [-0.39, 0.29) is 11.6 Å². The van der Waals surface area contributed by atoms with Crippen molar-refractivity contribution in [1.82, 2.24) is 0 Å². The number of esters is 1. The summed E-state index contributed by atoms with van der Waals surface area (Å²) in [6.07, 6.45) is 3.69. The Hall–Kier alpha value is -3.34. The lowest BCUT2D eigenvalue weighted by atomic mass is 10.1. The van der Waals surface area contributed by atoms with Crippen LogP contribution in [0.1, 0.15) is 18.1 Å². The molecule has 0 atom stereocenters. The van der Waals surface area contributed by atoms with Crippen molar-refractivity contribution in [2.75, 3.05) is 14.2 Å². The van der Waals surface area contributed by atoms with Crippen molar-refractivity contribution in [1.29, 1.82) is 0 Å². The van der Waals surface area contributed by atoms with E-state index in [1.165, 1.54) is 0 Å². The Morgan fingerprint density at radius 2 is 1.77 bits per heavy atom. The molecule has 0 unspecified atom stereocenters. The fourth-order valence-electron chi connectivity index (χ4n) is 2.57. The highest BCUT2D eigenvalue weighted by Gasteiger charge is 2.24. The van der Waals surface area contributed by atoms with Crippen molar-refractivity contribution in [2.24, 2.45) is 4.99 Å². The molecule has 3 rings (SSSR count). The first kappa shape index (κ1) is 17.5. The summed E-state index contributed by atoms with van der Waals surface area (Å²) in [5, 5.41) is 0. The number of benzene rings is 2. The third-order valence-electron chi connectivity index (χ3n) is 3.81. The fourth-order valence-corrected chi connectivity index (χ4v) is 2.57. The van der Waals surface area contributed by atoms with Crippen LogP contribution in [0, 0.1) is 0 Å². The standard InChI is InChI=1S/C21H19NO4/c1-14(11-15-7-5-4-6-8-15)12-17-21(23)26-20(22-17)16-9-10-18(24-2)19(13-16)25-3/h4-13H,1-3H3/b14-11+,17-12+. The average molecular weight is 349 g/mol. The molecule has 1 aliphatic rings. The van der Waals surface area contributed by atoms with Crippen LogP contribution >= 0.6 is 0 Å². The Balaban J connectivity index is 1.88. The molecule has 0 amide bonds. The minimum absolute atomic E-state index is 0.245. The quantitative estimate of drug-likeness (QED) is 0.605. The number of hydrogen-bond acceptors (Lipinski definition) is 5. The number of aliphatic imine (C=N–C) groups is 1. The molecule has 0 bridgehead atoms. The topological polar surface area (TPSA) is 57.1 Å². The summed E-state index contributed by atoms with van der Waals surface area (Å²) in [5.41, 5.74) is 2.86. The second-order valence-electron chi connectivity index (χ2n) is 5.70. The van der Waals surface area contributed by atoms with E-state index in [1.54, 1.807) is 38.5 Å². The van der Waals surface area contributed by atoms with Crippen molar-refractivity contribution in [3.63, 3.8) is 0 Å². The fraction of sp³-hybridized carbons (Fsp3) is 0.143. The van der Waals surface area contributed by atoms with Gasteiger partial charge in [0.1, 0.15) is 0 Å². The number of hydrogen-bond donors (Lipinski definition) is 0. The van der Waals surface area contributed by atoms with Crippen LogP contribution in [0.15, 0.2) is 70.9 Å². The Labute approximate surface area is 152 Å². The van der Waals surface area contributed by atoms with Crippen molar-refractivity contribution < 1.29 is 19.0 Å². The lowest BCUT2D eigenvalue weighted by Gasteiger charge is -2.08. The van der Waals surface area contributed by atoms with Crippen LogP contribution < -0.4 is 9.47 Å². The molecular formula is C21H19NO4. The molecule has 0 spiro atoms. The number of ether oxygens (including phenoxy) is 3. The number of methoxy groups -OCH3 is 2. The highest BCUT2D eigenvalue weighted by Crippen LogP contribution is 2.29. The zero-order valence-electron chi connectivity index (χ0n) is 14.9. The van der Waals surface area contributed by atoms with Gasteiger partial charge >= 0.3 is 5.97 Å². The molecule has 1 heterocycles. The molecule has 132 valence electrons. The van der Waals surface area contributed by atoms with E-state index >= 15 is 0 Å². The predicted octanol–water partition coefficient (Wildman–Crippen LogP) is 3.99. The Bertz CT molecular complexity index is 911. The third-order valence-corrected chi connectivity index (χ3v) is 3.81. The van der Waals surface area contributed by atoms with Gasteiger partial charge in [-0.3, -0.25) is 0 Å². The van der Waals surface area contributed by atoms with Crippen molar-refractivity contribution in [3.05, 3.63) is 77.0 Å². The zero-order chi connectivity index (χ0) is 18.5. The summed E-state index contributed by atoms with van der Waals surface area (Å²) in [7, 11) is 3.11. The van der Waals surface area contributed by atoms with Gasteiger partial charge in [-0.2, -0.15) is 0 Å². The minimum atomic E-state index is -0.476. The van der Waals surface area contributed by atoms with Crippen LogP contribution in [-0.4, -0.2) is 26.1 Å². The molecule has 2 aromatic rings.